The molecule has 0 fully saturated rings. The summed E-state index contributed by atoms with van der Waals surface area (Å²) >= 11 is 0. The molecule has 3 rings (SSSR count). The van der Waals surface area contributed by atoms with E-state index in [-0.39, 0.29) is 6.61 Å². The van der Waals surface area contributed by atoms with Gasteiger partial charge < -0.3 is 4.74 Å². The number of fused-ring (bicyclic) bond motifs is 1. The fourth-order valence-electron chi connectivity index (χ4n) is 1.99. The van der Waals surface area contributed by atoms with Gasteiger partial charge in [0.1, 0.15) is 6.61 Å². The lowest BCUT2D eigenvalue weighted by Gasteiger charge is -2.06. The van der Waals surface area contributed by atoms with Gasteiger partial charge in [0.15, 0.2) is 5.82 Å². The second-order valence-electron chi connectivity index (χ2n) is 4.20. The Morgan fingerprint density at radius 3 is 2.90 bits per heavy atom. The molecule has 0 spiro atoms. The van der Waals surface area contributed by atoms with Crippen LogP contribution in [-0.2, 0) is 16.1 Å². The van der Waals surface area contributed by atoms with Gasteiger partial charge in [-0.1, -0.05) is 18.2 Å². The molecule has 0 N–H and O–H groups in total. The number of carbonyl (C=O) groups excluding carboxylic acids is 1. The van der Waals surface area contributed by atoms with E-state index in [0.717, 1.165) is 22.0 Å². The van der Waals surface area contributed by atoms with E-state index < -0.39 is 0 Å². The maximum Gasteiger partial charge on any atom is 0.293 e. The third kappa shape index (κ3) is 2.33. The first kappa shape index (κ1) is 12.2. The van der Waals surface area contributed by atoms with Gasteiger partial charge in [0.2, 0.25) is 0 Å². The van der Waals surface area contributed by atoms with Gasteiger partial charge in [0, 0.05) is 35.1 Å². The van der Waals surface area contributed by atoms with Crippen molar-refractivity contribution in [1.29, 1.82) is 0 Å². The highest BCUT2D eigenvalue weighted by Gasteiger charge is 2.07. The number of benzene rings is 1. The fourth-order valence-corrected chi connectivity index (χ4v) is 1.99. The highest BCUT2D eigenvalue weighted by Crippen LogP contribution is 2.20. The lowest BCUT2D eigenvalue weighted by Crippen LogP contribution is -1.96. The van der Waals surface area contributed by atoms with Gasteiger partial charge in [-0.25, -0.2) is 9.97 Å². The number of aromatic nitrogens is 3. The Kier molecular flexibility index (Phi) is 3.33. The van der Waals surface area contributed by atoms with Gasteiger partial charge in [0.05, 0.1) is 5.52 Å². The minimum atomic E-state index is 0.199. The Balaban J connectivity index is 2.11. The Morgan fingerprint density at radius 2 is 2.10 bits per heavy atom. The highest BCUT2D eigenvalue weighted by molar-refractivity contribution is 5.82. The molecule has 0 aliphatic rings. The molecule has 5 nitrogen and oxygen atoms in total. The van der Waals surface area contributed by atoms with Crippen molar-refractivity contribution in [2.45, 2.75) is 6.61 Å². The van der Waals surface area contributed by atoms with Crippen molar-refractivity contribution < 1.29 is 9.53 Å². The van der Waals surface area contributed by atoms with E-state index in [4.69, 9.17) is 4.74 Å². The molecule has 0 amide bonds. The Hall–Kier alpha value is -2.82. The van der Waals surface area contributed by atoms with Crippen molar-refractivity contribution in [3.8, 4) is 11.4 Å². The van der Waals surface area contributed by atoms with E-state index in [0.29, 0.717) is 12.3 Å². The minimum absolute atomic E-state index is 0.199. The molecule has 2 aromatic heterocycles. The number of pyridine rings is 1. The van der Waals surface area contributed by atoms with Crippen molar-refractivity contribution in [3.05, 3.63) is 54.5 Å². The first-order valence-corrected chi connectivity index (χ1v) is 6.09. The highest BCUT2D eigenvalue weighted by atomic mass is 16.5. The summed E-state index contributed by atoms with van der Waals surface area (Å²) < 4.78 is 4.82. The van der Waals surface area contributed by atoms with Crippen LogP contribution < -0.4 is 0 Å². The largest absolute Gasteiger partial charge is 0.463 e. The number of para-hydroxylation sites is 1. The summed E-state index contributed by atoms with van der Waals surface area (Å²) in [6.07, 6.45) is 5.18. The summed E-state index contributed by atoms with van der Waals surface area (Å²) in [6, 6.07) is 9.43. The van der Waals surface area contributed by atoms with Crippen molar-refractivity contribution in [1.82, 2.24) is 15.0 Å². The summed E-state index contributed by atoms with van der Waals surface area (Å²) in [5.41, 5.74) is 2.48. The van der Waals surface area contributed by atoms with Gasteiger partial charge in [-0.3, -0.25) is 9.78 Å². The van der Waals surface area contributed by atoms with Crippen molar-refractivity contribution >= 4 is 17.4 Å². The van der Waals surface area contributed by atoms with Crippen LogP contribution in [0.25, 0.3) is 22.3 Å². The van der Waals surface area contributed by atoms with Crippen molar-refractivity contribution in [2.24, 2.45) is 0 Å². The third-order valence-electron chi connectivity index (χ3n) is 2.92. The van der Waals surface area contributed by atoms with Gasteiger partial charge in [-0.15, -0.1) is 0 Å². The van der Waals surface area contributed by atoms with Crippen molar-refractivity contribution in [2.75, 3.05) is 0 Å². The van der Waals surface area contributed by atoms with Crippen LogP contribution in [0, 0.1) is 0 Å². The molecule has 0 saturated heterocycles. The molecule has 20 heavy (non-hydrogen) atoms. The van der Waals surface area contributed by atoms with Crippen LogP contribution >= 0.6 is 0 Å². The van der Waals surface area contributed by atoms with E-state index in [1.807, 2.05) is 30.3 Å². The maximum atomic E-state index is 10.3. The number of hydrogen-bond acceptors (Lipinski definition) is 5. The van der Waals surface area contributed by atoms with Crippen molar-refractivity contribution in [3.63, 3.8) is 0 Å². The van der Waals surface area contributed by atoms with E-state index >= 15 is 0 Å². The quantitative estimate of drug-likeness (QED) is 0.677. The molecule has 0 saturated carbocycles. The van der Waals surface area contributed by atoms with Crippen LogP contribution in [0.15, 0.2) is 48.9 Å². The molecule has 0 radical (unpaired) electrons. The third-order valence-corrected chi connectivity index (χ3v) is 2.92. The number of carbonyl (C=O) groups is 1. The molecule has 98 valence electrons. The molecule has 1 aromatic carbocycles. The van der Waals surface area contributed by atoms with E-state index in [1.165, 1.54) is 0 Å². The first-order valence-electron chi connectivity index (χ1n) is 6.09. The molecule has 3 aromatic rings. The molecular weight excluding hydrogens is 254 g/mol. The van der Waals surface area contributed by atoms with E-state index in [1.54, 1.807) is 18.6 Å². The standard InChI is InChI=1S/C15H11N3O2/c19-10-20-9-13-4-1-3-11-8-17-15(18-14(11)13)12-5-2-6-16-7-12/h1-8,10H,9H2. The zero-order chi connectivity index (χ0) is 13.8. The van der Waals surface area contributed by atoms with Gasteiger partial charge in [-0.05, 0) is 12.1 Å². The summed E-state index contributed by atoms with van der Waals surface area (Å²) in [5, 5.41) is 0.907. The molecule has 5 heteroatoms. The van der Waals surface area contributed by atoms with Gasteiger partial charge in [0.25, 0.3) is 6.47 Å². The Morgan fingerprint density at radius 1 is 1.15 bits per heavy atom. The maximum absolute atomic E-state index is 10.3. The summed E-state index contributed by atoms with van der Waals surface area (Å²) in [4.78, 5) is 23.3. The fraction of sp³-hybridized carbons (Fsp3) is 0.0667. The minimum Gasteiger partial charge on any atom is -0.463 e. The summed E-state index contributed by atoms with van der Waals surface area (Å²) in [6.45, 7) is 0.631. The molecule has 0 atom stereocenters. The average Bonchev–Trinajstić information content (AvgIpc) is 2.53. The smallest absolute Gasteiger partial charge is 0.293 e. The van der Waals surface area contributed by atoms with Crippen LogP contribution in [0.2, 0.25) is 0 Å². The molecule has 0 unspecified atom stereocenters. The second-order valence-corrected chi connectivity index (χ2v) is 4.20. The van der Waals surface area contributed by atoms with Crippen LogP contribution in [0.3, 0.4) is 0 Å². The number of hydrogen-bond donors (Lipinski definition) is 0. The normalized spacial score (nSPS) is 10.4. The average molecular weight is 265 g/mol. The van der Waals surface area contributed by atoms with Crippen LogP contribution in [0.4, 0.5) is 0 Å². The zero-order valence-corrected chi connectivity index (χ0v) is 10.6. The number of rotatable bonds is 4. The predicted molar refractivity (Wildman–Crippen MR) is 73.6 cm³/mol. The molecule has 0 bridgehead atoms. The zero-order valence-electron chi connectivity index (χ0n) is 10.6. The van der Waals surface area contributed by atoms with Crippen LogP contribution in [0.5, 0.6) is 0 Å². The van der Waals surface area contributed by atoms with Gasteiger partial charge >= 0.3 is 0 Å². The molecule has 0 aliphatic heterocycles. The summed E-state index contributed by atoms with van der Waals surface area (Å²) in [5.74, 6) is 0.601. The monoisotopic (exact) mass is 265 g/mol. The Labute approximate surface area is 115 Å². The van der Waals surface area contributed by atoms with Gasteiger partial charge in [-0.2, -0.15) is 0 Å². The predicted octanol–water partition coefficient (Wildman–Crippen LogP) is 2.36. The Bertz CT molecular complexity index is 744. The lowest BCUT2D eigenvalue weighted by molar-refractivity contribution is -0.129. The van der Waals surface area contributed by atoms with Crippen LogP contribution in [0.1, 0.15) is 5.56 Å². The van der Waals surface area contributed by atoms with Crippen LogP contribution in [-0.4, -0.2) is 21.4 Å². The number of ether oxygens (including phenoxy) is 1. The molecule has 2 heterocycles. The molecular formula is C15H11N3O2. The second kappa shape index (κ2) is 5.44. The van der Waals surface area contributed by atoms with E-state index in [9.17, 15) is 4.79 Å². The number of nitrogens with zero attached hydrogens (tertiary/aromatic N) is 3. The first-order chi connectivity index (χ1) is 9.88. The molecule has 0 aliphatic carbocycles. The topological polar surface area (TPSA) is 65.0 Å². The summed E-state index contributed by atoms with van der Waals surface area (Å²) in [7, 11) is 0. The lowest BCUT2D eigenvalue weighted by atomic mass is 10.1. The van der Waals surface area contributed by atoms with E-state index in [2.05, 4.69) is 15.0 Å². The SMILES string of the molecule is O=COCc1cccc2cnc(-c3cccnc3)nc12.